The zero-order valence-electron chi connectivity index (χ0n) is 11.5. The number of nitrogens with one attached hydrogen (secondary N) is 1. The first-order valence-corrected chi connectivity index (χ1v) is 7.61. The van der Waals surface area contributed by atoms with E-state index in [9.17, 15) is 13.2 Å². The van der Waals surface area contributed by atoms with Gasteiger partial charge in [0.25, 0.3) is 10.2 Å². The van der Waals surface area contributed by atoms with Crippen molar-refractivity contribution in [3.05, 3.63) is 0 Å². The van der Waals surface area contributed by atoms with Gasteiger partial charge in [-0.3, -0.25) is 4.79 Å². The van der Waals surface area contributed by atoms with Crippen LogP contribution in [0.5, 0.6) is 0 Å². The van der Waals surface area contributed by atoms with Gasteiger partial charge in [-0.1, -0.05) is 27.2 Å². The van der Waals surface area contributed by atoms with Crippen molar-refractivity contribution in [3.63, 3.8) is 0 Å². The van der Waals surface area contributed by atoms with E-state index in [-0.39, 0.29) is 12.3 Å². The highest BCUT2D eigenvalue weighted by Crippen LogP contribution is 2.08. The summed E-state index contributed by atoms with van der Waals surface area (Å²) in [6.07, 6.45) is 1.91. The number of nitrogens with zero attached hydrogens (tertiary/aromatic N) is 1. The van der Waals surface area contributed by atoms with Crippen LogP contribution >= 0.6 is 0 Å². The number of carbonyl (C=O) groups is 1. The van der Waals surface area contributed by atoms with Crippen LogP contribution in [0.25, 0.3) is 0 Å². The molecule has 0 radical (unpaired) electrons. The summed E-state index contributed by atoms with van der Waals surface area (Å²) in [5.41, 5.74) is 0. The minimum atomic E-state index is -3.72. The maximum Gasteiger partial charge on any atom is 0.321 e. The van der Waals surface area contributed by atoms with Crippen molar-refractivity contribution in [2.24, 2.45) is 5.92 Å². The molecule has 6 nitrogen and oxygen atoms in total. The molecule has 0 spiro atoms. The van der Waals surface area contributed by atoms with Gasteiger partial charge in [-0.15, -0.1) is 0 Å². The van der Waals surface area contributed by atoms with Gasteiger partial charge in [0.2, 0.25) is 0 Å². The van der Waals surface area contributed by atoms with Crippen LogP contribution in [0.3, 0.4) is 0 Å². The molecule has 0 amide bonds. The second-order valence-electron chi connectivity index (χ2n) is 4.82. The van der Waals surface area contributed by atoms with E-state index in [0.717, 1.165) is 17.1 Å². The molecule has 1 atom stereocenters. The number of carboxylic acid groups (broad SMARTS) is 1. The number of hydrogen-bond acceptors (Lipinski definition) is 3. The molecule has 2 N–H and O–H groups in total. The highest BCUT2D eigenvalue weighted by molar-refractivity contribution is 7.87. The first-order valence-electron chi connectivity index (χ1n) is 6.17. The van der Waals surface area contributed by atoms with Gasteiger partial charge in [-0.25, -0.2) is 0 Å². The summed E-state index contributed by atoms with van der Waals surface area (Å²) in [5.74, 6) is -1.04. The van der Waals surface area contributed by atoms with E-state index in [1.54, 1.807) is 0 Å². The summed E-state index contributed by atoms with van der Waals surface area (Å²) in [6.45, 7) is 6.06. The second kappa shape index (κ2) is 7.70. The average molecular weight is 280 g/mol. The summed E-state index contributed by atoms with van der Waals surface area (Å²) in [4.78, 5) is 11.0. The van der Waals surface area contributed by atoms with E-state index >= 15 is 0 Å². The Morgan fingerprint density at radius 2 is 1.94 bits per heavy atom. The molecule has 0 saturated heterocycles. The standard InChI is InChI=1S/C11H24N2O4S/c1-5-6-7-13(4)18(16,17)12-10(11(14)15)8-9(2)3/h9-10,12H,5-8H2,1-4H3,(H,14,15). The third-order valence-corrected chi connectivity index (χ3v) is 4.12. The first kappa shape index (κ1) is 17.3. The van der Waals surface area contributed by atoms with Gasteiger partial charge in [0.15, 0.2) is 0 Å². The molecular weight excluding hydrogens is 256 g/mol. The summed E-state index contributed by atoms with van der Waals surface area (Å²) in [7, 11) is -2.27. The smallest absolute Gasteiger partial charge is 0.321 e. The van der Waals surface area contributed by atoms with E-state index < -0.39 is 22.2 Å². The maximum absolute atomic E-state index is 11.9. The van der Waals surface area contributed by atoms with E-state index in [2.05, 4.69) is 4.72 Å². The molecule has 0 rings (SSSR count). The number of unbranched alkanes of at least 4 members (excludes halogenated alkanes) is 1. The fraction of sp³-hybridized carbons (Fsp3) is 0.909. The van der Waals surface area contributed by atoms with Crippen molar-refractivity contribution in [3.8, 4) is 0 Å². The zero-order chi connectivity index (χ0) is 14.3. The third-order valence-electron chi connectivity index (χ3n) is 2.53. The zero-order valence-corrected chi connectivity index (χ0v) is 12.3. The van der Waals surface area contributed by atoms with Crippen LogP contribution in [0.15, 0.2) is 0 Å². The lowest BCUT2D eigenvalue weighted by atomic mass is 10.1. The van der Waals surface area contributed by atoms with Gasteiger partial charge >= 0.3 is 5.97 Å². The molecule has 0 aliphatic carbocycles. The molecular formula is C11H24N2O4S. The lowest BCUT2D eigenvalue weighted by Crippen LogP contribution is -2.47. The highest BCUT2D eigenvalue weighted by Gasteiger charge is 2.27. The Hall–Kier alpha value is -0.660. The lowest BCUT2D eigenvalue weighted by Gasteiger charge is -2.21. The molecule has 0 saturated carbocycles. The molecule has 108 valence electrons. The predicted octanol–water partition coefficient (Wildman–Crippen LogP) is 1.05. The first-order chi connectivity index (χ1) is 8.20. The summed E-state index contributed by atoms with van der Waals surface area (Å²) >= 11 is 0. The topological polar surface area (TPSA) is 86.7 Å². The van der Waals surface area contributed by atoms with Crippen molar-refractivity contribution in [2.75, 3.05) is 13.6 Å². The Kier molecular flexibility index (Phi) is 7.42. The van der Waals surface area contributed by atoms with Crippen molar-refractivity contribution in [2.45, 2.75) is 46.1 Å². The summed E-state index contributed by atoms with van der Waals surface area (Å²) in [5, 5.41) is 9.00. The van der Waals surface area contributed by atoms with Crippen LogP contribution in [0, 0.1) is 5.92 Å². The lowest BCUT2D eigenvalue weighted by molar-refractivity contribution is -0.139. The van der Waals surface area contributed by atoms with Crippen LogP contribution in [-0.4, -0.2) is 43.4 Å². The van der Waals surface area contributed by atoms with Gasteiger partial charge in [-0.05, 0) is 18.8 Å². The van der Waals surface area contributed by atoms with E-state index in [1.165, 1.54) is 7.05 Å². The molecule has 0 bridgehead atoms. The minimum Gasteiger partial charge on any atom is -0.480 e. The van der Waals surface area contributed by atoms with Crippen molar-refractivity contribution < 1.29 is 18.3 Å². The quantitative estimate of drug-likeness (QED) is 0.661. The Morgan fingerprint density at radius 1 is 1.39 bits per heavy atom. The summed E-state index contributed by atoms with van der Waals surface area (Å²) < 4.78 is 27.2. The normalized spacial score (nSPS) is 14.1. The molecule has 7 heteroatoms. The van der Waals surface area contributed by atoms with Gasteiger partial charge in [0.05, 0.1) is 0 Å². The monoisotopic (exact) mass is 280 g/mol. The molecule has 1 unspecified atom stereocenters. The predicted molar refractivity (Wildman–Crippen MR) is 70.5 cm³/mol. The molecule has 0 aliphatic heterocycles. The van der Waals surface area contributed by atoms with Crippen LogP contribution in [0.4, 0.5) is 0 Å². The van der Waals surface area contributed by atoms with Crippen LogP contribution in [-0.2, 0) is 15.0 Å². The number of hydrogen-bond donors (Lipinski definition) is 2. The Bertz CT molecular complexity index is 354. The van der Waals surface area contributed by atoms with E-state index in [0.29, 0.717) is 6.54 Å². The van der Waals surface area contributed by atoms with Crippen LogP contribution in [0.1, 0.15) is 40.0 Å². The largest absolute Gasteiger partial charge is 0.480 e. The molecule has 0 fully saturated rings. The van der Waals surface area contributed by atoms with Gasteiger partial charge < -0.3 is 5.11 Å². The van der Waals surface area contributed by atoms with Crippen molar-refractivity contribution in [1.82, 2.24) is 9.03 Å². The number of carboxylic acids is 1. The fourth-order valence-corrected chi connectivity index (χ4v) is 2.55. The SMILES string of the molecule is CCCCN(C)S(=O)(=O)NC(CC(C)C)C(=O)O. The summed E-state index contributed by atoms with van der Waals surface area (Å²) in [6, 6.07) is -1.07. The molecule has 0 heterocycles. The van der Waals surface area contributed by atoms with Gasteiger partial charge in [-0.2, -0.15) is 17.4 Å². The molecule has 18 heavy (non-hydrogen) atoms. The maximum atomic E-state index is 11.9. The average Bonchev–Trinajstić information content (AvgIpc) is 2.23. The third kappa shape index (κ3) is 6.32. The fourth-order valence-electron chi connectivity index (χ4n) is 1.44. The Labute approximate surface area is 110 Å². The molecule has 0 aliphatic rings. The number of aliphatic carboxylic acids is 1. The van der Waals surface area contributed by atoms with Crippen molar-refractivity contribution in [1.29, 1.82) is 0 Å². The highest BCUT2D eigenvalue weighted by atomic mass is 32.2. The van der Waals surface area contributed by atoms with Crippen molar-refractivity contribution >= 4 is 16.2 Å². The Balaban J connectivity index is 4.64. The van der Waals surface area contributed by atoms with Crippen LogP contribution in [0.2, 0.25) is 0 Å². The van der Waals surface area contributed by atoms with Gasteiger partial charge in [0, 0.05) is 13.6 Å². The van der Waals surface area contributed by atoms with E-state index in [1.807, 2.05) is 20.8 Å². The van der Waals surface area contributed by atoms with E-state index in [4.69, 9.17) is 5.11 Å². The number of rotatable bonds is 9. The second-order valence-corrected chi connectivity index (χ2v) is 6.63. The minimum absolute atomic E-state index is 0.106. The Morgan fingerprint density at radius 3 is 2.33 bits per heavy atom. The molecule has 0 aromatic rings. The van der Waals surface area contributed by atoms with Gasteiger partial charge in [0.1, 0.15) is 6.04 Å². The van der Waals surface area contributed by atoms with Crippen LogP contribution < -0.4 is 4.72 Å². The molecule has 0 aromatic heterocycles. The molecule has 0 aromatic carbocycles.